The maximum absolute atomic E-state index is 12.6. The van der Waals surface area contributed by atoms with Crippen molar-refractivity contribution in [2.45, 2.75) is 29.9 Å². The summed E-state index contributed by atoms with van der Waals surface area (Å²) in [6.07, 6.45) is -6.91. The highest BCUT2D eigenvalue weighted by molar-refractivity contribution is 9.10. The molecule has 0 aromatic rings. The maximum atomic E-state index is 12.6. The molecule has 1 rings (SSSR count). The van der Waals surface area contributed by atoms with Crippen molar-refractivity contribution in [2.75, 3.05) is 0 Å². The van der Waals surface area contributed by atoms with Crippen molar-refractivity contribution in [2.24, 2.45) is 17.3 Å². The molecule has 0 aromatic heterocycles. The van der Waals surface area contributed by atoms with Gasteiger partial charge in [0.2, 0.25) is 3.78 Å². The molecule has 17 heavy (non-hydrogen) atoms. The molecule has 0 heterocycles. The summed E-state index contributed by atoms with van der Waals surface area (Å²) < 4.78 is 34.7. The normalized spacial score (nSPS) is 32.7. The lowest BCUT2D eigenvalue weighted by Gasteiger charge is -2.29. The van der Waals surface area contributed by atoms with Gasteiger partial charge >= 0.3 is 12.1 Å². The molecule has 0 saturated heterocycles. The summed E-state index contributed by atoms with van der Waals surface area (Å²) in [4.78, 5) is 10.8. The smallest absolute Gasteiger partial charge is 0.420 e. The third-order valence-electron chi connectivity index (χ3n) is 3.27. The van der Waals surface area contributed by atoms with Crippen molar-refractivity contribution in [3.63, 3.8) is 0 Å². The van der Waals surface area contributed by atoms with Gasteiger partial charge in [0.1, 0.15) is 0 Å². The van der Waals surface area contributed by atoms with Gasteiger partial charge in [-0.25, -0.2) is 0 Å². The van der Waals surface area contributed by atoms with Crippen LogP contribution in [0.3, 0.4) is 0 Å². The summed E-state index contributed by atoms with van der Waals surface area (Å²) >= 11 is 7.48. The Hall–Kier alpha value is -0.0100. The van der Waals surface area contributed by atoms with E-state index >= 15 is 0 Å². The number of aliphatic hydroxyl groups is 1. The number of rotatable bonds is 3. The fourth-order valence-corrected chi connectivity index (χ4v) is 2.55. The summed E-state index contributed by atoms with van der Waals surface area (Å²) in [6.45, 7) is 2.96. The van der Waals surface area contributed by atoms with Gasteiger partial charge < -0.3 is 10.2 Å². The van der Waals surface area contributed by atoms with Gasteiger partial charge in [0.15, 0.2) is 0 Å². The molecule has 1 aliphatic carbocycles. The fraction of sp³-hybridized carbons (Fsp3) is 0.889. The second-order valence-corrected chi connectivity index (χ2v) is 7.03. The third kappa shape index (κ3) is 2.29. The molecule has 4 atom stereocenters. The second-order valence-electron chi connectivity index (χ2n) is 4.73. The molecule has 0 spiro atoms. The Kier molecular flexibility index (Phi) is 3.54. The minimum absolute atomic E-state index is 0.912. The summed E-state index contributed by atoms with van der Waals surface area (Å²) in [5.74, 6) is -3.31. The first-order chi connectivity index (χ1) is 7.35. The topological polar surface area (TPSA) is 57.5 Å². The minimum atomic E-state index is -4.88. The van der Waals surface area contributed by atoms with E-state index in [1.165, 1.54) is 13.8 Å². The Labute approximate surface area is 109 Å². The average Bonchev–Trinajstić information content (AvgIpc) is 2.65. The molecule has 100 valence electrons. The summed E-state index contributed by atoms with van der Waals surface area (Å²) in [5, 5.41) is 18.5. The van der Waals surface area contributed by atoms with Gasteiger partial charge in [-0.3, -0.25) is 4.79 Å². The number of carbonyl (C=O) groups is 1. The second kappa shape index (κ2) is 3.99. The van der Waals surface area contributed by atoms with E-state index in [-0.39, 0.29) is 0 Å². The Morgan fingerprint density at radius 3 is 2.12 bits per heavy atom. The lowest BCUT2D eigenvalue weighted by atomic mass is 10.0. The van der Waals surface area contributed by atoms with Gasteiger partial charge in [-0.1, -0.05) is 41.4 Å². The van der Waals surface area contributed by atoms with E-state index in [2.05, 4.69) is 15.9 Å². The van der Waals surface area contributed by atoms with Gasteiger partial charge in [0.05, 0.1) is 12.0 Å². The molecule has 0 aromatic carbocycles. The largest absolute Gasteiger partial charge is 0.481 e. The lowest BCUT2D eigenvalue weighted by molar-refractivity contribution is -0.161. The van der Waals surface area contributed by atoms with Crippen molar-refractivity contribution in [1.82, 2.24) is 0 Å². The third-order valence-corrected chi connectivity index (χ3v) is 4.62. The molecule has 0 bridgehead atoms. The number of alkyl halides is 5. The predicted octanol–water partition coefficient (Wildman–Crippen LogP) is 2.60. The van der Waals surface area contributed by atoms with Crippen LogP contribution >= 0.6 is 27.5 Å². The zero-order valence-electron chi connectivity index (χ0n) is 8.92. The SMILES string of the molecule is CC1(C)[C@H](C(=O)O)[C@H]1C(O)C(Cl)(Br)C(F)(F)F. The summed E-state index contributed by atoms with van der Waals surface area (Å²) in [5.41, 5.74) is -0.912. The van der Waals surface area contributed by atoms with E-state index in [0.717, 1.165) is 0 Å². The minimum Gasteiger partial charge on any atom is -0.481 e. The van der Waals surface area contributed by atoms with Crippen molar-refractivity contribution >= 4 is 33.5 Å². The zero-order chi connectivity index (χ0) is 13.8. The van der Waals surface area contributed by atoms with Crippen LogP contribution in [0.4, 0.5) is 13.2 Å². The highest BCUT2D eigenvalue weighted by Gasteiger charge is 2.71. The Bertz CT molecular complexity index is 343. The highest BCUT2D eigenvalue weighted by Crippen LogP contribution is 2.64. The zero-order valence-corrected chi connectivity index (χ0v) is 11.3. The average molecular weight is 340 g/mol. The number of aliphatic hydroxyl groups excluding tert-OH is 1. The first-order valence-electron chi connectivity index (χ1n) is 4.70. The van der Waals surface area contributed by atoms with Crippen molar-refractivity contribution in [3.05, 3.63) is 0 Å². The molecule has 0 aliphatic heterocycles. The quantitative estimate of drug-likeness (QED) is 0.777. The van der Waals surface area contributed by atoms with E-state index in [0.29, 0.717) is 0 Å². The fourth-order valence-electron chi connectivity index (χ4n) is 2.13. The predicted molar refractivity (Wildman–Crippen MR) is 58.0 cm³/mol. The van der Waals surface area contributed by atoms with Crippen LogP contribution in [0.2, 0.25) is 0 Å². The van der Waals surface area contributed by atoms with Crippen molar-refractivity contribution in [1.29, 1.82) is 0 Å². The molecule has 1 fully saturated rings. The number of halogens is 5. The maximum Gasteiger partial charge on any atom is 0.420 e. The Balaban J connectivity index is 2.94. The van der Waals surface area contributed by atoms with Gasteiger partial charge in [0, 0.05) is 5.92 Å². The van der Waals surface area contributed by atoms with E-state index < -0.39 is 39.3 Å². The van der Waals surface area contributed by atoms with E-state index in [1.807, 2.05) is 0 Å². The molecule has 1 saturated carbocycles. The monoisotopic (exact) mass is 338 g/mol. The molecular formula is C9H11BrClF3O3. The van der Waals surface area contributed by atoms with Crippen LogP contribution in [-0.4, -0.2) is 32.2 Å². The first-order valence-corrected chi connectivity index (χ1v) is 5.87. The molecular weight excluding hydrogens is 328 g/mol. The highest BCUT2D eigenvalue weighted by atomic mass is 79.9. The number of aliphatic carboxylic acids is 1. The number of hydrogen-bond acceptors (Lipinski definition) is 2. The van der Waals surface area contributed by atoms with Crippen LogP contribution in [-0.2, 0) is 4.79 Å². The summed E-state index contributed by atoms with van der Waals surface area (Å²) in [6, 6.07) is 0. The van der Waals surface area contributed by atoms with E-state index in [1.54, 1.807) is 0 Å². The molecule has 3 nitrogen and oxygen atoms in total. The van der Waals surface area contributed by atoms with Crippen LogP contribution in [0.25, 0.3) is 0 Å². The Morgan fingerprint density at radius 2 is 1.88 bits per heavy atom. The number of carboxylic acids is 1. The standard InChI is InChI=1S/C9H11BrClF3O3/c1-7(2)3(4(7)6(16)17)5(15)8(10,11)9(12,13)14/h3-5,15H,1-2H3,(H,16,17)/t3-,4-,5?,8?/m0/s1. The molecule has 2 N–H and O–H groups in total. The Morgan fingerprint density at radius 1 is 1.47 bits per heavy atom. The van der Waals surface area contributed by atoms with Gasteiger partial charge in [-0.15, -0.1) is 0 Å². The first kappa shape index (κ1) is 15.0. The summed E-state index contributed by atoms with van der Waals surface area (Å²) in [7, 11) is 0. The van der Waals surface area contributed by atoms with Gasteiger partial charge in [-0.2, -0.15) is 13.2 Å². The van der Waals surface area contributed by atoms with E-state index in [4.69, 9.17) is 16.7 Å². The molecule has 0 amide bonds. The lowest BCUT2D eigenvalue weighted by Crippen LogP contribution is -2.46. The van der Waals surface area contributed by atoms with E-state index in [9.17, 15) is 23.1 Å². The van der Waals surface area contributed by atoms with Crippen LogP contribution < -0.4 is 0 Å². The van der Waals surface area contributed by atoms with Crippen LogP contribution in [0, 0.1) is 17.3 Å². The van der Waals surface area contributed by atoms with Crippen LogP contribution in [0.1, 0.15) is 13.8 Å². The number of carboxylic acid groups (broad SMARTS) is 1. The molecule has 1 aliphatic rings. The van der Waals surface area contributed by atoms with Crippen molar-refractivity contribution in [3.8, 4) is 0 Å². The van der Waals surface area contributed by atoms with Gasteiger partial charge in [-0.05, 0) is 5.41 Å². The molecule has 8 heteroatoms. The molecule has 2 unspecified atom stereocenters. The van der Waals surface area contributed by atoms with Crippen molar-refractivity contribution < 1.29 is 28.2 Å². The molecule has 0 radical (unpaired) electrons. The number of hydrogen-bond donors (Lipinski definition) is 2. The van der Waals surface area contributed by atoms with Gasteiger partial charge in [0.25, 0.3) is 0 Å². The van der Waals surface area contributed by atoms with Crippen LogP contribution in [0.15, 0.2) is 0 Å². The van der Waals surface area contributed by atoms with Crippen LogP contribution in [0.5, 0.6) is 0 Å².